The highest BCUT2D eigenvalue weighted by Crippen LogP contribution is 2.13. The number of hydrogen-bond acceptors (Lipinski definition) is 3. The van der Waals surface area contributed by atoms with E-state index in [0.29, 0.717) is 11.4 Å². The maximum Gasteiger partial charge on any atom is 0.330 e. The number of benzene rings is 1. The van der Waals surface area contributed by atoms with Gasteiger partial charge in [0.05, 0.1) is 6.04 Å². The highest BCUT2D eigenvalue weighted by atomic mass is 16.4. The van der Waals surface area contributed by atoms with Crippen LogP contribution in [0.15, 0.2) is 42.7 Å². The molecule has 0 aliphatic rings. The van der Waals surface area contributed by atoms with E-state index < -0.39 is 18.0 Å². The van der Waals surface area contributed by atoms with Crippen LogP contribution in [0.2, 0.25) is 0 Å². The Hall–Kier alpha value is -2.83. The first-order chi connectivity index (χ1) is 10.1. The number of carboxylic acid groups (broad SMARTS) is 1. The van der Waals surface area contributed by atoms with Crippen molar-refractivity contribution in [2.24, 2.45) is 0 Å². The van der Waals surface area contributed by atoms with Gasteiger partial charge < -0.3 is 20.7 Å². The third kappa shape index (κ3) is 3.82. The van der Waals surface area contributed by atoms with Gasteiger partial charge in [-0.1, -0.05) is 30.3 Å². The Morgan fingerprint density at radius 1 is 1.24 bits per heavy atom. The molecule has 0 bridgehead atoms. The number of aliphatic carboxylic acids is 1. The zero-order valence-electron chi connectivity index (χ0n) is 11.4. The van der Waals surface area contributed by atoms with Crippen LogP contribution in [-0.2, 0) is 4.79 Å². The number of urea groups is 1. The van der Waals surface area contributed by atoms with E-state index in [1.165, 1.54) is 0 Å². The molecule has 2 aromatic rings. The minimum Gasteiger partial charge on any atom is -0.479 e. The van der Waals surface area contributed by atoms with Gasteiger partial charge in [0.25, 0.3) is 0 Å². The first kappa shape index (κ1) is 14.6. The second-order valence-electron chi connectivity index (χ2n) is 4.50. The molecule has 0 aliphatic heterocycles. The molecule has 0 saturated heterocycles. The van der Waals surface area contributed by atoms with Crippen LogP contribution >= 0.6 is 0 Å². The number of carbonyl (C=O) groups is 2. The number of carbonyl (C=O) groups excluding carboxylic acids is 1. The molecule has 0 fully saturated rings. The molecule has 4 N–H and O–H groups in total. The normalized spacial score (nSPS) is 13.2. The van der Waals surface area contributed by atoms with Gasteiger partial charge in [-0.05, 0) is 12.5 Å². The molecule has 7 nitrogen and oxygen atoms in total. The summed E-state index contributed by atoms with van der Waals surface area (Å²) in [7, 11) is 0. The number of carboxylic acids is 1. The lowest BCUT2D eigenvalue weighted by Crippen LogP contribution is -2.42. The molecule has 0 spiro atoms. The maximum atomic E-state index is 11.9. The van der Waals surface area contributed by atoms with Gasteiger partial charge in [-0.15, -0.1) is 0 Å². The average molecular weight is 288 g/mol. The summed E-state index contributed by atoms with van der Waals surface area (Å²) in [6, 6.07) is 6.48. The summed E-state index contributed by atoms with van der Waals surface area (Å²) in [5.41, 5.74) is 0.505. The Labute approximate surface area is 121 Å². The molecular weight excluding hydrogens is 272 g/mol. The lowest BCUT2D eigenvalue weighted by atomic mass is 10.1. The molecule has 1 heterocycles. The van der Waals surface area contributed by atoms with E-state index in [0.717, 1.165) is 0 Å². The molecule has 110 valence electrons. The Morgan fingerprint density at radius 2 is 1.95 bits per heavy atom. The van der Waals surface area contributed by atoms with Crippen molar-refractivity contribution >= 4 is 12.0 Å². The molecule has 21 heavy (non-hydrogen) atoms. The molecule has 1 aromatic heterocycles. The number of nitrogens with zero attached hydrogens (tertiary/aromatic N) is 1. The van der Waals surface area contributed by atoms with Gasteiger partial charge in [0.1, 0.15) is 5.82 Å². The number of aromatic amines is 1. The Morgan fingerprint density at radius 3 is 2.52 bits per heavy atom. The molecular formula is C14H16N4O3. The fraction of sp³-hybridized carbons (Fsp3) is 0.214. The SMILES string of the molecule is CC(NC(=O)N[C@@H](C(=O)O)c1ccccc1)c1ncc[nH]1. The molecule has 1 unspecified atom stereocenters. The number of imidazole rings is 1. The first-order valence-electron chi connectivity index (χ1n) is 6.42. The van der Waals surface area contributed by atoms with Crippen LogP contribution < -0.4 is 10.6 Å². The van der Waals surface area contributed by atoms with Crippen LogP contribution in [0.1, 0.15) is 30.4 Å². The highest BCUT2D eigenvalue weighted by molar-refractivity contribution is 5.83. The van der Waals surface area contributed by atoms with Gasteiger partial charge in [-0.25, -0.2) is 14.6 Å². The quantitative estimate of drug-likeness (QED) is 0.670. The van der Waals surface area contributed by atoms with Crippen molar-refractivity contribution in [3.63, 3.8) is 0 Å². The number of nitrogens with one attached hydrogen (secondary N) is 3. The van der Waals surface area contributed by atoms with Gasteiger partial charge in [0.15, 0.2) is 6.04 Å². The number of H-pyrrole nitrogens is 1. The van der Waals surface area contributed by atoms with Gasteiger partial charge in [-0.2, -0.15) is 0 Å². The summed E-state index contributed by atoms with van der Waals surface area (Å²) in [6.07, 6.45) is 3.23. The fourth-order valence-corrected chi connectivity index (χ4v) is 1.89. The van der Waals surface area contributed by atoms with Crippen molar-refractivity contribution in [1.29, 1.82) is 0 Å². The maximum absolute atomic E-state index is 11.9. The van der Waals surface area contributed by atoms with E-state index in [4.69, 9.17) is 0 Å². The lowest BCUT2D eigenvalue weighted by Gasteiger charge is -2.17. The van der Waals surface area contributed by atoms with Gasteiger partial charge >= 0.3 is 12.0 Å². The van der Waals surface area contributed by atoms with Crippen molar-refractivity contribution in [2.45, 2.75) is 19.0 Å². The van der Waals surface area contributed by atoms with Crippen molar-refractivity contribution in [3.8, 4) is 0 Å². The Bertz CT molecular complexity index is 598. The van der Waals surface area contributed by atoms with E-state index in [9.17, 15) is 14.7 Å². The van der Waals surface area contributed by atoms with Crippen molar-refractivity contribution in [1.82, 2.24) is 20.6 Å². The summed E-state index contributed by atoms with van der Waals surface area (Å²) < 4.78 is 0. The Kier molecular flexibility index (Phi) is 4.55. The molecule has 0 saturated carbocycles. The number of hydrogen-bond donors (Lipinski definition) is 4. The van der Waals surface area contributed by atoms with Gasteiger partial charge in [0, 0.05) is 12.4 Å². The number of amides is 2. The monoisotopic (exact) mass is 288 g/mol. The summed E-state index contributed by atoms with van der Waals surface area (Å²) in [4.78, 5) is 30.1. The second-order valence-corrected chi connectivity index (χ2v) is 4.50. The molecule has 1 aromatic carbocycles. The minimum atomic E-state index is -1.12. The van der Waals surface area contributed by atoms with Crippen molar-refractivity contribution in [2.75, 3.05) is 0 Å². The topological polar surface area (TPSA) is 107 Å². The fourth-order valence-electron chi connectivity index (χ4n) is 1.89. The standard InChI is InChI=1S/C14H16N4O3/c1-9(12-15-7-8-16-12)17-14(21)18-11(13(19)20)10-5-3-2-4-6-10/h2-9,11H,1H3,(H,15,16)(H,19,20)(H2,17,18,21)/t9?,11-/m1/s1. The van der Waals surface area contributed by atoms with Crippen LogP contribution in [0.25, 0.3) is 0 Å². The third-order valence-corrected chi connectivity index (χ3v) is 2.93. The summed E-state index contributed by atoms with van der Waals surface area (Å²) in [5, 5.41) is 14.3. The van der Waals surface area contributed by atoms with Crippen LogP contribution in [0.3, 0.4) is 0 Å². The highest BCUT2D eigenvalue weighted by Gasteiger charge is 2.22. The molecule has 2 atom stereocenters. The van der Waals surface area contributed by atoms with Crippen LogP contribution in [0.5, 0.6) is 0 Å². The zero-order chi connectivity index (χ0) is 15.2. The van der Waals surface area contributed by atoms with Crippen LogP contribution in [0, 0.1) is 0 Å². The lowest BCUT2D eigenvalue weighted by molar-refractivity contribution is -0.139. The van der Waals surface area contributed by atoms with E-state index >= 15 is 0 Å². The number of rotatable bonds is 5. The van der Waals surface area contributed by atoms with Crippen molar-refractivity contribution < 1.29 is 14.7 Å². The summed E-state index contributed by atoms with van der Waals surface area (Å²) >= 11 is 0. The summed E-state index contributed by atoms with van der Waals surface area (Å²) in [6.45, 7) is 1.75. The van der Waals surface area contributed by atoms with E-state index in [-0.39, 0.29) is 6.04 Å². The zero-order valence-corrected chi connectivity index (χ0v) is 11.4. The van der Waals surface area contributed by atoms with Gasteiger partial charge in [0.2, 0.25) is 0 Å². The van der Waals surface area contributed by atoms with E-state index in [1.54, 1.807) is 49.6 Å². The third-order valence-electron chi connectivity index (χ3n) is 2.93. The number of aromatic nitrogens is 2. The minimum absolute atomic E-state index is 0.356. The smallest absolute Gasteiger partial charge is 0.330 e. The first-order valence-corrected chi connectivity index (χ1v) is 6.42. The molecule has 7 heteroatoms. The van der Waals surface area contributed by atoms with Crippen molar-refractivity contribution in [3.05, 3.63) is 54.1 Å². The molecule has 2 rings (SSSR count). The van der Waals surface area contributed by atoms with Crippen LogP contribution in [0.4, 0.5) is 4.79 Å². The molecule has 0 radical (unpaired) electrons. The molecule has 2 amide bonds. The predicted octanol–water partition coefficient (Wildman–Crippen LogP) is 1.60. The Balaban J connectivity index is 2.01. The predicted molar refractivity (Wildman–Crippen MR) is 75.5 cm³/mol. The second kappa shape index (κ2) is 6.56. The van der Waals surface area contributed by atoms with Crippen LogP contribution in [-0.4, -0.2) is 27.1 Å². The van der Waals surface area contributed by atoms with Gasteiger partial charge in [-0.3, -0.25) is 0 Å². The van der Waals surface area contributed by atoms with E-state index in [2.05, 4.69) is 20.6 Å². The summed E-state index contributed by atoms with van der Waals surface area (Å²) in [5.74, 6) is -0.529. The largest absolute Gasteiger partial charge is 0.479 e. The van der Waals surface area contributed by atoms with E-state index in [1.807, 2.05) is 0 Å². The molecule has 0 aliphatic carbocycles. The average Bonchev–Trinajstić information content (AvgIpc) is 2.99.